The summed E-state index contributed by atoms with van der Waals surface area (Å²) in [5.41, 5.74) is 0.358. The van der Waals surface area contributed by atoms with Gasteiger partial charge in [0.1, 0.15) is 11.0 Å². The highest BCUT2D eigenvalue weighted by Gasteiger charge is 2.41. The maximum absolute atomic E-state index is 13.4. The minimum Gasteiger partial charge on any atom is -0.478 e. The number of carbonyl (C=O) groups is 2. The number of aryl methyl sites for hydroxylation is 1. The molecule has 1 aliphatic carbocycles. The monoisotopic (exact) mass is 443 g/mol. The summed E-state index contributed by atoms with van der Waals surface area (Å²) < 4.78 is 41.4. The number of anilines is 1. The first kappa shape index (κ1) is 22.3. The number of carbonyl (C=O) groups excluding carboxylic acids is 1. The number of alkyl halides is 3. The second-order valence-electron chi connectivity index (χ2n) is 7.72. The number of rotatable bonds is 6. The molecule has 0 saturated heterocycles. The number of hydrogen-bond acceptors (Lipinski definition) is 4. The lowest BCUT2D eigenvalue weighted by molar-refractivity contribution is -0.142. The Hall–Kier alpha value is -2.36. The van der Waals surface area contributed by atoms with Gasteiger partial charge in [0.05, 0.1) is 5.56 Å². The van der Waals surface area contributed by atoms with Crippen LogP contribution in [0, 0.1) is 6.92 Å². The molecule has 1 atom stereocenters. The van der Waals surface area contributed by atoms with Crippen LogP contribution in [0.2, 0.25) is 0 Å². The molecular formula is C20H24F3N3O3S. The van der Waals surface area contributed by atoms with Crippen molar-refractivity contribution >= 4 is 28.2 Å². The molecule has 1 unspecified atom stereocenters. The Bertz CT molecular complexity index is 992. The SMILES string of the molecule is CCC(C(=O)Nc1sc(C)c(C(C)C)c1C(=O)O)n1nc(C(F)(F)F)c2c1CCC2. The van der Waals surface area contributed by atoms with Crippen molar-refractivity contribution in [2.24, 2.45) is 0 Å². The summed E-state index contributed by atoms with van der Waals surface area (Å²) in [6.45, 7) is 7.22. The smallest absolute Gasteiger partial charge is 0.435 e. The van der Waals surface area contributed by atoms with Gasteiger partial charge in [0.2, 0.25) is 5.91 Å². The van der Waals surface area contributed by atoms with E-state index in [0.717, 1.165) is 16.2 Å². The number of carboxylic acids is 1. The van der Waals surface area contributed by atoms with Crippen LogP contribution in [0.3, 0.4) is 0 Å². The number of aromatic carboxylic acids is 1. The maximum Gasteiger partial charge on any atom is 0.435 e. The Morgan fingerprint density at radius 2 is 1.97 bits per heavy atom. The number of carboxylic acid groups (broad SMARTS) is 1. The van der Waals surface area contributed by atoms with Crippen molar-refractivity contribution in [2.75, 3.05) is 5.32 Å². The first-order valence-electron chi connectivity index (χ1n) is 9.82. The molecule has 0 aliphatic heterocycles. The van der Waals surface area contributed by atoms with Gasteiger partial charge in [0.25, 0.3) is 0 Å². The van der Waals surface area contributed by atoms with E-state index in [1.165, 1.54) is 4.68 Å². The zero-order valence-corrected chi connectivity index (χ0v) is 18.0. The number of halogens is 3. The molecule has 0 bridgehead atoms. The summed E-state index contributed by atoms with van der Waals surface area (Å²) in [6, 6.07) is -0.959. The molecule has 0 fully saturated rings. The first-order valence-corrected chi connectivity index (χ1v) is 10.6. The number of nitrogens with one attached hydrogen (secondary N) is 1. The number of thiophene rings is 1. The van der Waals surface area contributed by atoms with Gasteiger partial charge in [-0.3, -0.25) is 9.48 Å². The Labute approximate surface area is 176 Å². The lowest BCUT2D eigenvalue weighted by Gasteiger charge is -2.18. The van der Waals surface area contributed by atoms with E-state index in [9.17, 15) is 27.9 Å². The molecule has 10 heteroatoms. The van der Waals surface area contributed by atoms with Crippen molar-refractivity contribution in [1.29, 1.82) is 0 Å². The summed E-state index contributed by atoms with van der Waals surface area (Å²) in [4.78, 5) is 25.6. The van der Waals surface area contributed by atoms with E-state index in [-0.39, 0.29) is 34.9 Å². The van der Waals surface area contributed by atoms with Crippen molar-refractivity contribution in [1.82, 2.24) is 9.78 Å². The largest absolute Gasteiger partial charge is 0.478 e. The van der Waals surface area contributed by atoms with Crippen molar-refractivity contribution < 1.29 is 27.9 Å². The van der Waals surface area contributed by atoms with E-state index in [1.54, 1.807) is 13.8 Å². The Balaban J connectivity index is 1.99. The molecular weight excluding hydrogens is 419 g/mol. The molecule has 1 amide bonds. The number of hydrogen-bond donors (Lipinski definition) is 2. The van der Waals surface area contributed by atoms with Crippen molar-refractivity contribution in [2.45, 2.75) is 71.5 Å². The van der Waals surface area contributed by atoms with Crippen LogP contribution in [0.15, 0.2) is 0 Å². The minimum atomic E-state index is -4.58. The lowest BCUT2D eigenvalue weighted by atomic mass is 9.99. The van der Waals surface area contributed by atoms with E-state index in [4.69, 9.17) is 0 Å². The minimum absolute atomic E-state index is 0.0392. The highest BCUT2D eigenvalue weighted by atomic mass is 32.1. The molecule has 1 aliphatic rings. The van der Waals surface area contributed by atoms with E-state index >= 15 is 0 Å². The van der Waals surface area contributed by atoms with Gasteiger partial charge in [0.15, 0.2) is 5.69 Å². The van der Waals surface area contributed by atoms with Crippen LogP contribution in [-0.4, -0.2) is 26.8 Å². The average molecular weight is 443 g/mol. The lowest BCUT2D eigenvalue weighted by Crippen LogP contribution is -2.28. The number of amides is 1. The predicted molar refractivity (Wildman–Crippen MR) is 107 cm³/mol. The summed E-state index contributed by atoms with van der Waals surface area (Å²) in [6.07, 6.45) is -3.06. The van der Waals surface area contributed by atoms with Gasteiger partial charge in [0, 0.05) is 16.1 Å². The van der Waals surface area contributed by atoms with Crippen LogP contribution in [0.25, 0.3) is 0 Å². The fourth-order valence-electron chi connectivity index (χ4n) is 4.17. The summed E-state index contributed by atoms with van der Waals surface area (Å²) in [5, 5.41) is 16.3. The summed E-state index contributed by atoms with van der Waals surface area (Å²) in [5.74, 6) is -1.77. The fourth-order valence-corrected chi connectivity index (χ4v) is 5.37. The zero-order valence-electron chi connectivity index (χ0n) is 17.2. The van der Waals surface area contributed by atoms with E-state index < -0.39 is 29.8 Å². The van der Waals surface area contributed by atoms with Gasteiger partial charge < -0.3 is 10.4 Å². The molecule has 2 aromatic heterocycles. The van der Waals surface area contributed by atoms with Gasteiger partial charge in [-0.25, -0.2) is 4.79 Å². The van der Waals surface area contributed by atoms with E-state index in [0.29, 0.717) is 24.1 Å². The topological polar surface area (TPSA) is 84.2 Å². The summed E-state index contributed by atoms with van der Waals surface area (Å²) >= 11 is 1.16. The predicted octanol–water partition coefficient (Wildman–Crippen LogP) is 5.17. The van der Waals surface area contributed by atoms with Crippen LogP contribution in [-0.2, 0) is 23.8 Å². The number of nitrogens with zero attached hydrogens (tertiary/aromatic N) is 2. The normalized spacial score (nSPS) is 14.8. The Kier molecular flexibility index (Phi) is 5.99. The third-order valence-electron chi connectivity index (χ3n) is 5.37. The van der Waals surface area contributed by atoms with Crippen LogP contribution < -0.4 is 5.32 Å². The third-order valence-corrected chi connectivity index (χ3v) is 6.41. The molecule has 0 spiro atoms. The highest BCUT2D eigenvalue weighted by Crippen LogP contribution is 2.40. The molecule has 2 heterocycles. The molecule has 0 aromatic carbocycles. The second kappa shape index (κ2) is 8.05. The molecule has 0 saturated carbocycles. The molecule has 6 nitrogen and oxygen atoms in total. The molecule has 0 radical (unpaired) electrons. The van der Waals surface area contributed by atoms with Gasteiger partial charge >= 0.3 is 12.1 Å². The van der Waals surface area contributed by atoms with Gasteiger partial charge in [-0.05, 0) is 44.1 Å². The third kappa shape index (κ3) is 3.84. The van der Waals surface area contributed by atoms with E-state index in [2.05, 4.69) is 10.4 Å². The average Bonchev–Trinajstić information content (AvgIpc) is 3.29. The Morgan fingerprint density at radius 1 is 1.30 bits per heavy atom. The fraction of sp³-hybridized carbons (Fsp3) is 0.550. The maximum atomic E-state index is 13.4. The van der Waals surface area contributed by atoms with Gasteiger partial charge in [-0.1, -0.05) is 20.8 Å². The Morgan fingerprint density at radius 3 is 2.50 bits per heavy atom. The highest BCUT2D eigenvalue weighted by molar-refractivity contribution is 7.16. The van der Waals surface area contributed by atoms with Crippen molar-refractivity contribution in [3.63, 3.8) is 0 Å². The van der Waals surface area contributed by atoms with Crippen LogP contribution >= 0.6 is 11.3 Å². The summed E-state index contributed by atoms with van der Waals surface area (Å²) in [7, 11) is 0. The molecule has 30 heavy (non-hydrogen) atoms. The van der Waals surface area contributed by atoms with Crippen molar-refractivity contribution in [3.8, 4) is 0 Å². The quantitative estimate of drug-likeness (QED) is 0.645. The van der Waals surface area contributed by atoms with Crippen LogP contribution in [0.4, 0.5) is 18.2 Å². The van der Waals surface area contributed by atoms with Crippen LogP contribution in [0.5, 0.6) is 0 Å². The zero-order chi connectivity index (χ0) is 22.4. The molecule has 3 rings (SSSR count). The molecule has 2 N–H and O–H groups in total. The van der Waals surface area contributed by atoms with Gasteiger partial charge in [-0.15, -0.1) is 11.3 Å². The standard InChI is InChI=1S/C20H24F3N3O3S/c1-5-12(26-13-8-6-7-11(13)16(25-26)20(21,22)23)17(27)24-18-15(19(28)29)14(9(2)3)10(4)30-18/h9,12H,5-8H2,1-4H3,(H,24,27)(H,28,29). The number of fused-ring (bicyclic) bond motifs is 1. The molecule has 2 aromatic rings. The van der Waals surface area contributed by atoms with E-state index in [1.807, 2.05) is 13.8 Å². The second-order valence-corrected chi connectivity index (χ2v) is 8.94. The number of aromatic nitrogens is 2. The van der Waals surface area contributed by atoms with Crippen molar-refractivity contribution in [3.05, 3.63) is 33.0 Å². The molecule has 164 valence electrons. The van der Waals surface area contributed by atoms with Gasteiger partial charge in [-0.2, -0.15) is 18.3 Å². The van der Waals surface area contributed by atoms with Crippen LogP contribution in [0.1, 0.15) is 83.3 Å². The first-order chi connectivity index (χ1) is 14.0.